The summed E-state index contributed by atoms with van der Waals surface area (Å²) < 4.78 is 4.59. The molecule has 1 aromatic carbocycles. The molecule has 5 heteroatoms. The number of halogens is 1. The van der Waals surface area contributed by atoms with Crippen LogP contribution < -0.4 is 0 Å². The van der Waals surface area contributed by atoms with Crippen molar-refractivity contribution < 1.29 is 14.3 Å². The number of nitrogens with zero attached hydrogens (tertiary/aromatic N) is 1. The van der Waals surface area contributed by atoms with Gasteiger partial charge in [0.25, 0.3) is 5.91 Å². The van der Waals surface area contributed by atoms with E-state index in [4.69, 9.17) is 11.6 Å². The number of ether oxygens (including phenoxy) is 1. The molecule has 4 nitrogen and oxygen atoms in total. The largest absolute Gasteiger partial charge is 0.469 e. The summed E-state index contributed by atoms with van der Waals surface area (Å²) in [4.78, 5) is 25.1. The van der Waals surface area contributed by atoms with Gasteiger partial charge in [0, 0.05) is 23.7 Å². The quantitative estimate of drug-likeness (QED) is 0.754. The molecule has 0 radical (unpaired) electrons. The number of methoxy groups -OCH3 is 1. The molecule has 0 saturated carbocycles. The Bertz CT molecular complexity index is 448. The lowest BCUT2D eigenvalue weighted by atomic mass is 10.2. The maximum absolute atomic E-state index is 12.3. The normalized spacial score (nSPS) is 10.1. The van der Waals surface area contributed by atoms with Gasteiger partial charge in [-0.25, -0.2) is 0 Å². The van der Waals surface area contributed by atoms with Crippen LogP contribution in [0.4, 0.5) is 0 Å². The summed E-state index contributed by atoms with van der Waals surface area (Å²) in [6, 6.07) is 6.80. The SMILES string of the molecule is CCCN(CCC(=O)OC)C(=O)c1cccc(Cl)c1. The van der Waals surface area contributed by atoms with E-state index in [1.807, 2.05) is 6.92 Å². The molecule has 0 fully saturated rings. The van der Waals surface area contributed by atoms with Gasteiger partial charge in [-0.15, -0.1) is 0 Å². The van der Waals surface area contributed by atoms with Gasteiger partial charge < -0.3 is 9.64 Å². The second-order valence-corrected chi connectivity index (χ2v) is 4.57. The van der Waals surface area contributed by atoms with Crippen LogP contribution >= 0.6 is 11.6 Å². The number of amides is 1. The third-order valence-electron chi connectivity index (χ3n) is 2.67. The number of hydrogen-bond donors (Lipinski definition) is 0. The van der Waals surface area contributed by atoms with Gasteiger partial charge in [-0.05, 0) is 24.6 Å². The molecule has 0 N–H and O–H groups in total. The Morgan fingerprint density at radius 3 is 2.63 bits per heavy atom. The van der Waals surface area contributed by atoms with Crippen LogP contribution in [0, 0.1) is 0 Å². The summed E-state index contributed by atoms with van der Waals surface area (Å²) in [5.41, 5.74) is 0.533. The van der Waals surface area contributed by atoms with Crippen molar-refractivity contribution in [3.63, 3.8) is 0 Å². The Kier molecular flexibility index (Phi) is 6.36. The summed E-state index contributed by atoms with van der Waals surface area (Å²) in [5, 5.41) is 0.523. The highest BCUT2D eigenvalue weighted by Gasteiger charge is 2.16. The van der Waals surface area contributed by atoms with Gasteiger partial charge in [0.1, 0.15) is 0 Å². The molecule has 104 valence electrons. The standard InChI is InChI=1S/C14H18ClNO3/c1-3-8-16(9-7-13(17)19-2)14(18)11-5-4-6-12(15)10-11/h4-6,10H,3,7-9H2,1-2H3. The van der Waals surface area contributed by atoms with E-state index in [0.29, 0.717) is 23.7 Å². The van der Waals surface area contributed by atoms with E-state index >= 15 is 0 Å². The van der Waals surface area contributed by atoms with Gasteiger partial charge in [-0.2, -0.15) is 0 Å². The summed E-state index contributed by atoms with van der Waals surface area (Å²) >= 11 is 5.88. The van der Waals surface area contributed by atoms with Crippen molar-refractivity contribution in [1.82, 2.24) is 4.90 Å². The molecular weight excluding hydrogens is 266 g/mol. The highest BCUT2D eigenvalue weighted by molar-refractivity contribution is 6.30. The zero-order valence-electron chi connectivity index (χ0n) is 11.2. The van der Waals surface area contributed by atoms with Gasteiger partial charge in [0.15, 0.2) is 0 Å². The summed E-state index contributed by atoms with van der Waals surface area (Å²) in [5.74, 6) is -0.437. The maximum atomic E-state index is 12.3. The maximum Gasteiger partial charge on any atom is 0.307 e. The van der Waals surface area contributed by atoms with Crippen molar-refractivity contribution in [1.29, 1.82) is 0 Å². The third kappa shape index (κ3) is 4.91. The van der Waals surface area contributed by atoms with Crippen molar-refractivity contribution in [2.75, 3.05) is 20.2 Å². The van der Waals surface area contributed by atoms with Crippen molar-refractivity contribution in [3.8, 4) is 0 Å². The van der Waals surface area contributed by atoms with Crippen LogP contribution in [0.25, 0.3) is 0 Å². The molecule has 0 aliphatic carbocycles. The Hall–Kier alpha value is -1.55. The lowest BCUT2D eigenvalue weighted by Crippen LogP contribution is -2.33. The van der Waals surface area contributed by atoms with E-state index in [2.05, 4.69) is 4.74 Å². The van der Waals surface area contributed by atoms with Crippen LogP contribution in [0.2, 0.25) is 5.02 Å². The van der Waals surface area contributed by atoms with E-state index in [9.17, 15) is 9.59 Å². The van der Waals surface area contributed by atoms with Gasteiger partial charge in [0.05, 0.1) is 13.5 Å². The van der Waals surface area contributed by atoms with Crippen molar-refractivity contribution >= 4 is 23.5 Å². The molecule has 1 aromatic rings. The molecule has 0 spiro atoms. The first-order chi connectivity index (χ1) is 9.08. The van der Waals surface area contributed by atoms with Crippen LogP contribution in [0.1, 0.15) is 30.1 Å². The van der Waals surface area contributed by atoms with Crippen molar-refractivity contribution in [3.05, 3.63) is 34.9 Å². The second kappa shape index (κ2) is 7.79. The highest BCUT2D eigenvalue weighted by atomic mass is 35.5. The Balaban J connectivity index is 2.74. The fourth-order valence-corrected chi connectivity index (χ4v) is 1.91. The first kappa shape index (κ1) is 15.5. The van der Waals surface area contributed by atoms with Crippen LogP contribution in [-0.2, 0) is 9.53 Å². The zero-order chi connectivity index (χ0) is 14.3. The van der Waals surface area contributed by atoms with Crippen LogP contribution in [0.5, 0.6) is 0 Å². The Morgan fingerprint density at radius 1 is 1.32 bits per heavy atom. The molecule has 0 bridgehead atoms. The predicted octanol–water partition coefficient (Wildman–Crippen LogP) is 2.76. The molecule has 0 aliphatic heterocycles. The van der Waals surface area contributed by atoms with Crippen LogP contribution in [-0.4, -0.2) is 37.0 Å². The lowest BCUT2D eigenvalue weighted by molar-refractivity contribution is -0.140. The molecule has 0 aliphatic rings. The van der Waals surface area contributed by atoms with E-state index in [-0.39, 0.29) is 18.3 Å². The number of hydrogen-bond acceptors (Lipinski definition) is 3. The number of carbonyl (C=O) groups is 2. The minimum atomic E-state index is -0.319. The van der Waals surface area contributed by atoms with Crippen molar-refractivity contribution in [2.45, 2.75) is 19.8 Å². The molecule has 1 rings (SSSR count). The van der Waals surface area contributed by atoms with Gasteiger partial charge in [0.2, 0.25) is 0 Å². The average Bonchev–Trinajstić information content (AvgIpc) is 2.42. The minimum Gasteiger partial charge on any atom is -0.469 e. The number of esters is 1. The molecule has 0 unspecified atom stereocenters. The summed E-state index contributed by atoms with van der Waals surface area (Å²) in [7, 11) is 1.34. The van der Waals surface area contributed by atoms with Crippen LogP contribution in [0.15, 0.2) is 24.3 Å². The first-order valence-electron chi connectivity index (χ1n) is 6.20. The minimum absolute atomic E-state index is 0.117. The molecular formula is C14H18ClNO3. The predicted molar refractivity (Wildman–Crippen MR) is 74.3 cm³/mol. The van der Waals surface area contributed by atoms with E-state index in [1.165, 1.54) is 7.11 Å². The number of carbonyl (C=O) groups excluding carboxylic acids is 2. The molecule has 19 heavy (non-hydrogen) atoms. The number of benzene rings is 1. The fourth-order valence-electron chi connectivity index (χ4n) is 1.72. The highest BCUT2D eigenvalue weighted by Crippen LogP contribution is 2.13. The van der Waals surface area contributed by atoms with E-state index in [0.717, 1.165) is 6.42 Å². The van der Waals surface area contributed by atoms with Gasteiger partial charge in [-0.3, -0.25) is 9.59 Å². The average molecular weight is 284 g/mol. The fraction of sp³-hybridized carbons (Fsp3) is 0.429. The molecule has 1 amide bonds. The third-order valence-corrected chi connectivity index (χ3v) is 2.90. The Morgan fingerprint density at radius 2 is 2.05 bits per heavy atom. The summed E-state index contributed by atoms with van der Waals surface area (Å²) in [6.07, 6.45) is 1.02. The van der Waals surface area contributed by atoms with Crippen molar-refractivity contribution in [2.24, 2.45) is 0 Å². The summed E-state index contributed by atoms with van der Waals surface area (Å²) in [6.45, 7) is 2.94. The van der Waals surface area contributed by atoms with E-state index in [1.54, 1.807) is 29.2 Å². The van der Waals surface area contributed by atoms with Gasteiger partial charge in [-0.1, -0.05) is 24.6 Å². The molecule has 0 atom stereocenters. The molecule has 0 saturated heterocycles. The first-order valence-corrected chi connectivity index (χ1v) is 6.58. The monoisotopic (exact) mass is 283 g/mol. The topological polar surface area (TPSA) is 46.6 Å². The van der Waals surface area contributed by atoms with Gasteiger partial charge >= 0.3 is 5.97 Å². The van der Waals surface area contributed by atoms with Crippen LogP contribution in [0.3, 0.4) is 0 Å². The second-order valence-electron chi connectivity index (χ2n) is 4.13. The molecule has 0 heterocycles. The number of rotatable bonds is 6. The Labute approximate surface area is 118 Å². The van der Waals surface area contributed by atoms with E-state index < -0.39 is 0 Å². The lowest BCUT2D eigenvalue weighted by Gasteiger charge is -2.21. The smallest absolute Gasteiger partial charge is 0.307 e. The zero-order valence-corrected chi connectivity index (χ0v) is 11.9. The molecule has 0 aromatic heterocycles.